The highest BCUT2D eigenvalue weighted by Gasteiger charge is 2.45. The molecule has 0 bridgehead atoms. The number of rotatable bonds is 3. The Morgan fingerprint density at radius 2 is 1.73 bits per heavy atom. The maximum Gasteiger partial charge on any atom is 0.422 e. The Balaban J connectivity index is 4.01. The molecule has 0 nitrogen and oxygen atoms in total. The third-order valence-corrected chi connectivity index (χ3v) is 1.02. The second-order valence-electron chi connectivity index (χ2n) is 1.98. The molecule has 0 heterocycles. The summed E-state index contributed by atoms with van der Waals surface area (Å²) in [6.45, 7) is 2.99. The van der Waals surface area contributed by atoms with Crippen LogP contribution in [-0.4, -0.2) is 18.5 Å². The first-order chi connectivity index (χ1) is 4.89. The largest absolute Gasteiger partial charge is 0.422 e. The quantitative estimate of drug-likeness (QED) is 0.455. The molecule has 0 aromatic carbocycles. The maximum absolute atomic E-state index is 12.1. The van der Waals surface area contributed by atoms with Crippen molar-refractivity contribution in [3.05, 3.63) is 12.7 Å². The topological polar surface area (TPSA) is 0 Å². The van der Waals surface area contributed by atoms with Crippen LogP contribution in [0.25, 0.3) is 0 Å². The van der Waals surface area contributed by atoms with Crippen molar-refractivity contribution in [1.29, 1.82) is 0 Å². The molecule has 0 fully saturated rings. The van der Waals surface area contributed by atoms with Crippen LogP contribution in [-0.2, 0) is 0 Å². The van der Waals surface area contributed by atoms with Crippen molar-refractivity contribution in [3.63, 3.8) is 0 Å². The Bertz CT molecular complexity index is 127. The van der Waals surface area contributed by atoms with Gasteiger partial charge in [-0.2, -0.15) is 13.2 Å². The summed E-state index contributed by atoms with van der Waals surface area (Å²) in [6.07, 6.45) is -10.8. The molecule has 0 saturated carbocycles. The maximum atomic E-state index is 12.1. The standard InChI is InChI=1S/C6H7F5/c1-2-3-4(7)5(8)6(9,10)11/h2,4-5H,1,3H2. The average Bonchev–Trinajstić information content (AvgIpc) is 1.85. The molecular formula is C6H7F5. The molecule has 0 N–H and O–H groups in total. The summed E-state index contributed by atoms with van der Waals surface area (Å²) >= 11 is 0. The molecule has 11 heavy (non-hydrogen) atoms. The zero-order valence-corrected chi connectivity index (χ0v) is 5.54. The fraction of sp³-hybridized carbons (Fsp3) is 0.667. The van der Waals surface area contributed by atoms with Gasteiger partial charge in [0, 0.05) is 0 Å². The number of halogens is 5. The summed E-state index contributed by atoms with van der Waals surface area (Å²) in [6, 6.07) is 0. The second-order valence-corrected chi connectivity index (χ2v) is 1.98. The van der Waals surface area contributed by atoms with E-state index in [0.717, 1.165) is 6.08 Å². The lowest BCUT2D eigenvalue weighted by atomic mass is 10.2. The second kappa shape index (κ2) is 3.69. The zero-order valence-electron chi connectivity index (χ0n) is 5.54. The van der Waals surface area contributed by atoms with Gasteiger partial charge in [0.05, 0.1) is 0 Å². The van der Waals surface area contributed by atoms with Gasteiger partial charge in [-0.15, -0.1) is 6.58 Å². The van der Waals surface area contributed by atoms with Crippen molar-refractivity contribution in [2.45, 2.75) is 24.9 Å². The van der Waals surface area contributed by atoms with Gasteiger partial charge in [-0.3, -0.25) is 0 Å². The summed E-state index contributed by atoms with van der Waals surface area (Å²) in [5.41, 5.74) is 0. The fourth-order valence-corrected chi connectivity index (χ4v) is 0.484. The molecule has 0 amide bonds. The van der Waals surface area contributed by atoms with E-state index >= 15 is 0 Å². The molecule has 0 saturated heterocycles. The van der Waals surface area contributed by atoms with Gasteiger partial charge in [0.2, 0.25) is 6.17 Å². The van der Waals surface area contributed by atoms with E-state index in [1.54, 1.807) is 0 Å². The van der Waals surface area contributed by atoms with E-state index < -0.39 is 24.9 Å². The van der Waals surface area contributed by atoms with E-state index in [4.69, 9.17) is 0 Å². The third-order valence-electron chi connectivity index (χ3n) is 1.02. The molecule has 66 valence electrons. The van der Waals surface area contributed by atoms with Crippen molar-refractivity contribution in [2.75, 3.05) is 0 Å². The molecule has 0 aliphatic heterocycles. The molecule has 2 atom stereocenters. The van der Waals surface area contributed by atoms with Gasteiger partial charge in [-0.1, -0.05) is 6.08 Å². The molecule has 0 spiro atoms. The lowest BCUT2D eigenvalue weighted by molar-refractivity contribution is -0.195. The third kappa shape index (κ3) is 3.34. The minimum absolute atomic E-state index is 0.624. The smallest absolute Gasteiger partial charge is 0.244 e. The van der Waals surface area contributed by atoms with Crippen LogP contribution in [0.4, 0.5) is 22.0 Å². The molecule has 5 heteroatoms. The van der Waals surface area contributed by atoms with Crippen molar-refractivity contribution in [2.24, 2.45) is 0 Å². The van der Waals surface area contributed by atoms with Crippen molar-refractivity contribution >= 4 is 0 Å². The van der Waals surface area contributed by atoms with E-state index in [1.165, 1.54) is 0 Å². The van der Waals surface area contributed by atoms with Gasteiger partial charge in [0.1, 0.15) is 6.17 Å². The van der Waals surface area contributed by atoms with Crippen LogP contribution in [0.3, 0.4) is 0 Å². The molecule has 0 aliphatic carbocycles. The Hall–Kier alpha value is -0.610. The lowest BCUT2D eigenvalue weighted by Gasteiger charge is -2.14. The minimum atomic E-state index is -5.11. The molecule has 0 rings (SSSR count). The highest BCUT2D eigenvalue weighted by Crippen LogP contribution is 2.28. The van der Waals surface area contributed by atoms with Gasteiger partial charge in [0.25, 0.3) is 0 Å². The Morgan fingerprint density at radius 1 is 1.27 bits per heavy atom. The van der Waals surface area contributed by atoms with E-state index in [9.17, 15) is 22.0 Å². The first-order valence-corrected chi connectivity index (χ1v) is 2.85. The zero-order chi connectivity index (χ0) is 9.07. The van der Waals surface area contributed by atoms with Crippen LogP contribution >= 0.6 is 0 Å². The SMILES string of the molecule is C=CCC(F)C(F)C(F)(F)F. The van der Waals surface area contributed by atoms with Gasteiger partial charge >= 0.3 is 6.18 Å². The summed E-state index contributed by atoms with van der Waals surface area (Å²) in [5.74, 6) is 0. The van der Waals surface area contributed by atoms with Crippen molar-refractivity contribution < 1.29 is 22.0 Å². The minimum Gasteiger partial charge on any atom is -0.244 e. The van der Waals surface area contributed by atoms with Crippen LogP contribution in [0, 0.1) is 0 Å². The number of hydrogen-bond acceptors (Lipinski definition) is 0. The number of allylic oxidation sites excluding steroid dienone is 1. The molecule has 0 aromatic heterocycles. The Labute approximate surface area is 60.7 Å². The van der Waals surface area contributed by atoms with Crippen LogP contribution in [0.15, 0.2) is 12.7 Å². The summed E-state index contributed by atoms with van der Waals surface area (Å²) < 4.78 is 58.2. The molecule has 2 unspecified atom stereocenters. The first-order valence-electron chi connectivity index (χ1n) is 2.85. The molecule has 0 radical (unpaired) electrons. The van der Waals surface area contributed by atoms with Gasteiger partial charge in [-0.05, 0) is 6.42 Å². The summed E-state index contributed by atoms with van der Waals surface area (Å²) in [7, 11) is 0. The van der Waals surface area contributed by atoms with E-state index in [0.29, 0.717) is 0 Å². The van der Waals surface area contributed by atoms with Gasteiger partial charge in [0.15, 0.2) is 0 Å². The van der Waals surface area contributed by atoms with Gasteiger partial charge in [-0.25, -0.2) is 8.78 Å². The van der Waals surface area contributed by atoms with Gasteiger partial charge < -0.3 is 0 Å². The first kappa shape index (κ1) is 10.4. The van der Waals surface area contributed by atoms with Crippen molar-refractivity contribution in [3.8, 4) is 0 Å². The van der Waals surface area contributed by atoms with Crippen LogP contribution in [0.5, 0.6) is 0 Å². The predicted octanol–water partition coefficient (Wildman–Crippen LogP) is 2.80. The highest BCUT2D eigenvalue weighted by atomic mass is 19.4. The Morgan fingerprint density at radius 3 is 2.00 bits per heavy atom. The molecule has 0 aliphatic rings. The number of hydrogen-bond donors (Lipinski definition) is 0. The van der Waals surface area contributed by atoms with E-state index in [-0.39, 0.29) is 0 Å². The summed E-state index contributed by atoms with van der Waals surface area (Å²) in [5, 5.41) is 0. The van der Waals surface area contributed by atoms with Crippen LogP contribution in [0.1, 0.15) is 6.42 Å². The fourth-order valence-electron chi connectivity index (χ4n) is 0.484. The predicted molar refractivity (Wildman–Crippen MR) is 30.7 cm³/mol. The molecule has 0 aromatic rings. The van der Waals surface area contributed by atoms with Crippen LogP contribution < -0.4 is 0 Å². The monoisotopic (exact) mass is 174 g/mol. The number of alkyl halides is 5. The lowest BCUT2D eigenvalue weighted by Crippen LogP contribution is -2.33. The van der Waals surface area contributed by atoms with Crippen LogP contribution in [0.2, 0.25) is 0 Å². The average molecular weight is 174 g/mol. The highest BCUT2D eigenvalue weighted by molar-refractivity contribution is 4.81. The van der Waals surface area contributed by atoms with Crippen molar-refractivity contribution in [1.82, 2.24) is 0 Å². The summed E-state index contributed by atoms with van der Waals surface area (Å²) in [4.78, 5) is 0. The van der Waals surface area contributed by atoms with E-state index in [2.05, 4.69) is 6.58 Å². The normalized spacial score (nSPS) is 17.5. The van der Waals surface area contributed by atoms with E-state index in [1.807, 2.05) is 0 Å². The Kier molecular flexibility index (Phi) is 3.48. The molecular weight excluding hydrogens is 167 g/mol.